The summed E-state index contributed by atoms with van der Waals surface area (Å²) in [4.78, 5) is 33.6. The van der Waals surface area contributed by atoms with Crippen molar-refractivity contribution in [3.8, 4) is 6.07 Å². The minimum atomic E-state index is -2.11. The van der Waals surface area contributed by atoms with Crippen LogP contribution >= 0.6 is 11.6 Å². The van der Waals surface area contributed by atoms with Crippen molar-refractivity contribution in [2.75, 3.05) is 11.9 Å². The summed E-state index contributed by atoms with van der Waals surface area (Å²) in [5, 5.41) is 31.7. The molecule has 0 saturated heterocycles. The first-order chi connectivity index (χ1) is 9.82. The summed E-state index contributed by atoms with van der Waals surface area (Å²) in [5.41, 5.74) is -1.84. The van der Waals surface area contributed by atoms with Crippen LogP contribution in [-0.4, -0.2) is 28.5 Å². The molecule has 2 N–H and O–H groups in total. The van der Waals surface area contributed by atoms with Crippen molar-refractivity contribution >= 4 is 29.2 Å². The maximum absolute atomic E-state index is 12.2. The van der Waals surface area contributed by atoms with E-state index in [1.54, 1.807) is 0 Å². The molecule has 108 valence electrons. The quantitative estimate of drug-likeness (QED) is 0.630. The Kier molecular flexibility index (Phi) is 3.53. The highest BCUT2D eigenvalue weighted by molar-refractivity contribution is 6.31. The normalized spacial score (nSPS) is 21.0. The SMILES string of the molecule is N#CC(C(=O)O)C1(C[N+](=O)[O-])C(=O)Nc2ccc(Cl)cc21. The number of carboxylic acids is 1. The Balaban J connectivity index is 2.75. The Morgan fingerprint density at radius 3 is 2.81 bits per heavy atom. The lowest BCUT2D eigenvalue weighted by atomic mass is 9.71. The molecule has 1 heterocycles. The third kappa shape index (κ3) is 2.17. The number of anilines is 1. The van der Waals surface area contributed by atoms with Crippen LogP contribution in [0.5, 0.6) is 0 Å². The molecule has 0 aromatic heterocycles. The third-order valence-corrected chi connectivity index (χ3v) is 3.60. The van der Waals surface area contributed by atoms with Crippen LogP contribution in [0, 0.1) is 27.4 Å². The number of aliphatic carboxylic acids is 1. The lowest BCUT2D eigenvalue weighted by Gasteiger charge is -2.25. The predicted molar refractivity (Wildman–Crippen MR) is 70.4 cm³/mol. The summed E-state index contributed by atoms with van der Waals surface area (Å²) < 4.78 is 0. The van der Waals surface area contributed by atoms with Gasteiger partial charge in [0.05, 0.1) is 6.07 Å². The zero-order valence-electron chi connectivity index (χ0n) is 10.4. The summed E-state index contributed by atoms with van der Waals surface area (Å²) in [6.45, 7) is -1.02. The Hall–Kier alpha value is -2.66. The Morgan fingerprint density at radius 2 is 2.29 bits per heavy atom. The van der Waals surface area contributed by atoms with Gasteiger partial charge in [0, 0.05) is 21.2 Å². The highest BCUT2D eigenvalue weighted by atomic mass is 35.5. The van der Waals surface area contributed by atoms with Crippen LogP contribution in [-0.2, 0) is 15.0 Å². The van der Waals surface area contributed by atoms with E-state index in [0.717, 1.165) is 0 Å². The van der Waals surface area contributed by atoms with Gasteiger partial charge in [-0.1, -0.05) is 11.6 Å². The molecule has 0 spiro atoms. The number of halogens is 1. The lowest BCUT2D eigenvalue weighted by Crippen LogP contribution is -2.49. The van der Waals surface area contributed by atoms with Crippen molar-refractivity contribution in [1.29, 1.82) is 5.26 Å². The number of carbonyl (C=O) groups is 2. The molecule has 9 heteroatoms. The van der Waals surface area contributed by atoms with Crippen molar-refractivity contribution in [2.24, 2.45) is 5.92 Å². The van der Waals surface area contributed by atoms with Crippen molar-refractivity contribution in [1.82, 2.24) is 0 Å². The predicted octanol–water partition coefficient (Wildman–Crippen LogP) is 1.03. The molecule has 1 aliphatic heterocycles. The maximum atomic E-state index is 12.2. The number of benzene rings is 1. The van der Waals surface area contributed by atoms with Gasteiger partial charge in [-0.2, -0.15) is 5.26 Å². The minimum Gasteiger partial charge on any atom is -0.480 e. The molecule has 21 heavy (non-hydrogen) atoms. The van der Waals surface area contributed by atoms with Crippen LogP contribution in [0.4, 0.5) is 5.69 Å². The number of nitrogens with zero attached hydrogens (tertiary/aromatic N) is 2. The van der Waals surface area contributed by atoms with Gasteiger partial charge in [0.2, 0.25) is 12.5 Å². The van der Waals surface area contributed by atoms with E-state index in [2.05, 4.69) is 5.32 Å². The average Bonchev–Trinajstić information content (AvgIpc) is 2.63. The average molecular weight is 310 g/mol. The lowest BCUT2D eigenvalue weighted by molar-refractivity contribution is -0.488. The summed E-state index contributed by atoms with van der Waals surface area (Å²) in [6, 6.07) is 5.60. The highest BCUT2D eigenvalue weighted by Crippen LogP contribution is 2.44. The fourth-order valence-corrected chi connectivity index (χ4v) is 2.64. The number of hydrogen-bond donors (Lipinski definition) is 2. The van der Waals surface area contributed by atoms with E-state index < -0.39 is 34.7 Å². The Labute approximate surface area is 123 Å². The van der Waals surface area contributed by atoms with Gasteiger partial charge in [-0.15, -0.1) is 0 Å². The Bertz CT molecular complexity index is 699. The number of nitro groups is 1. The molecule has 1 amide bonds. The van der Waals surface area contributed by atoms with Crippen LogP contribution in [0.15, 0.2) is 18.2 Å². The topological polar surface area (TPSA) is 133 Å². The monoisotopic (exact) mass is 309 g/mol. The van der Waals surface area contributed by atoms with Crippen LogP contribution < -0.4 is 5.32 Å². The van der Waals surface area contributed by atoms with Crippen LogP contribution in [0.3, 0.4) is 0 Å². The fraction of sp³-hybridized carbons (Fsp3) is 0.250. The molecule has 2 atom stereocenters. The van der Waals surface area contributed by atoms with Gasteiger partial charge >= 0.3 is 5.97 Å². The Morgan fingerprint density at radius 1 is 1.62 bits per heavy atom. The van der Waals surface area contributed by atoms with E-state index in [9.17, 15) is 19.7 Å². The van der Waals surface area contributed by atoms with Crippen LogP contribution in [0.2, 0.25) is 5.02 Å². The number of hydrogen-bond acceptors (Lipinski definition) is 5. The zero-order valence-corrected chi connectivity index (χ0v) is 11.1. The molecule has 0 saturated carbocycles. The molecular formula is C12H8ClN3O5. The van der Waals surface area contributed by atoms with Crippen molar-refractivity contribution < 1.29 is 19.6 Å². The van der Waals surface area contributed by atoms with E-state index in [1.807, 2.05) is 0 Å². The summed E-state index contributed by atoms with van der Waals surface area (Å²) in [6.07, 6.45) is 0. The second kappa shape index (κ2) is 5.03. The number of amides is 1. The van der Waals surface area contributed by atoms with E-state index in [-0.39, 0.29) is 16.3 Å². The summed E-state index contributed by atoms with van der Waals surface area (Å²) in [5.74, 6) is -4.41. The van der Waals surface area contributed by atoms with E-state index >= 15 is 0 Å². The van der Waals surface area contributed by atoms with Gasteiger partial charge in [0.15, 0.2) is 11.3 Å². The number of nitriles is 1. The molecule has 2 rings (SSSR count). The van der Waals surface area contributed by atoms with E-state index in [4.69, 9.17) is 22.0 Å². The molecule has 0 bridgehead atoms. The number of fused-ring (bicyclic) bond motifs is 1. The molecule has 2 unspecified atom stereocenters. The minimum absolute atomic E-state index is 0.0469. The largest absolute Gasteiger partial charge is 0.480 e. The number of carbonyl (C=O) groups excluding carboxylic acids is 1. The van der Waals surface area contributed by atoms with Crippen molar-refractivity contribution in [3.05, 3.63) is 38.9 Å². The number of nitrogens with one attached hydrogen (secondary N) is 1. The molecule has 0 fully saturated rings. The van der Waals surface area contributed by atoms with Gasteiger partial charge < -0.3 is 10.4 Å². The van der Waals surface area contributed by atoms with Gasteiger partial charge in [-0.3, -0.25) is 19.7 Å². The molecule has 8 nitrogen and oxygen atoms in total. The van der Waals surface area contributed by atoms with Gasteiger partial charge in [-0.25, -0.2) is 0 Å². The first kappa shape index (κ1) is 14.7. The molecule has 1 aromatic rings. The van der Waals surface area contributed by atoms with Gasteiger partial charge in [0.1, 0.15) is 0 Å². The van der Waals surface area contributed by atoms with E-state index in [0.29, 0.717) is 0 Å². The van der Waals surface area contributed by atoms with Gasteiger partial charge in [0.25, 0.3) is 0 Å². The second-order valence-corrected chi connectivity index (χ2v) is 4.94. The fourth-order valence-electron chi connectivity index (χ4n) is 2.47. The molecule has 1 aliphatic rings. The van der Waals surface area contributed by atoms with Crippen molar-refractivity contribution in [2.45, 2.75) is 5.41 Å². The standard InChI is InChI=1S/C12H8ClN3O5/c13-6-1-2-9-7(3-6)12(5-16(20)21,11(19)15-9)8(4-14)10(17)18/h1-3,8H,5H2,(H,15,19)(H,17,18). The molecular weight excluding hydrogens is 302 g/mol. The van der Waals surface area contributed by atoms with Gasteiger partial charge in [-0.05, 0) is 18.2 Å². The maximum Gasteiger partial charge on any atom is 0.322 e. The molecule has 0 radical (unpaired) electrons. The second-order valence-electron chi connectivity index (χ2n) is 4.51. The smallest absolute Gasteiger partial charge is 0.322 e. The molecule has 0 aliphatic carbocycles. The zero-order chi connectivity index (χ0) is 15.8. The summed E-state index contributed by atoms with van der Waals surface area (Å²) >= 11 is 5.82. The number of rotatable bonds is 4. The highest BCUT2D eigenvalue weighted by Gasteiger charge is 2.59. The van der Waals surface area contributed by atoms with Crippen LogP contribution in [0.1, 0.15) is 5.56 Å². The summed E-state index contributed by atoms with van der Waals surface area (Å²) in [7, 11) is 0. The molecule has 1 aromatic carbocycles. The number of carboxylic acid groups (broad SMARTS) is 1. The first-order valence-corrected chi connectivity index (χ1v) is 6.06. The van der Waals surface area contributed by atoms with Crippen molar-refractivity contribution in [3.63, 3.8) is 0 Å². The first-order valence-electron chi connectivity index (χ1n) is 5.68. The van der Waals surface area contributed by atoms with E-state index in [1.165, 1.54) is 24.3 Å². The van der Waals surface area contributed by atoms with Crippen LogP contribution in [0.25, 0.3) is 0 Å². The third-order valence-electron chi connectivity index (χ3n) is 3.36.